The summed E-state index contributed by atoms with van der Waals surface area (Å²) in [4.78, 5) is 15.9. The van der Waals surface area contributed by atoms with E-state index in [1.165, 1.54) is 0 Å². The van der Waals surface area contributed by atoms with Crippen LogP contribution < -0.4 is 0 Å². The van der Waals surface area contributed by atoms with Crippen LogP contribution in [0.5, 0.6) is 0 Å². The van der Waals surface area contributed by atoms with Gasteiger partial charge in [-0.15, -0.1) is 11.3 Å². The van der Waals surface area contributed by atoms with Gasteiger partial charge in [-0.25, -0.2) is 4.98 Å². The average Bonchev–Trinajstić information content (AvgIpc) is 2.91. The molecule has 3 unspecified atom stereocenters. The number of hydrogen-bond donors (Lipinski definition) is 1. The number of carboxylic acids is 1. The molecule has 0 radical (unpaired) electrons. The fourth-order valence-electron chi connectivity index (χ4n) is 2.91. The molecule has 19 heavy (non-hydrogen) atoms. The minimum atomic E-state index is -0.702. The number of carbonyl (C=O) groups is 1. The molecule has 1 heterocycles. The maximum atomic E-state index is 11.4. The maximum absolute atomic E-state index is 11.4. The zero-order chi connectivity index (χ0) is 13.6. The summed E-state index contributed by atoms with van der Waals surface area (Å²) in [5, 5.41) is 10.9. The van der Waals surface area contributed by atoms with Crippen molar-refractivity contribution in [3.8, 4) is 0 Å². The SMILES string of the molecule is CC1CC(C(=O)O)C(c2nc3cc(Cl)ccc3s2)C1. The van der Waals surface area contributed by atoms with Crippen LogP contribution in [0, 0.1) is 11.8 Å². The number of aliphatic carboxylic acids is 1. The number of thiazole rings is 1. The molecule has 1 aliphatic carbocycles. The van der Waals surface area contributed by atoms with Gasteiger partial charge in [-0.3, -0.25) is 4.79 Å². The van der Waals surface area contributed by atoms with Gasteiger partial charge in [0.05, 0.1) is 21.1 Å². The van der Waals surface area contributed by atoms with E-state index >= 15 is 0 Å². The molecule has 3 nitrogen and oxygen atoms in total. The number of carboxylic acid groups (broad SMARTS) is 1. The normalized spacial score (nSPS) is 26.9. The Morgan fingerprint density at radius 3 is 3.00 bits per heavy atom. The summed E-state index contributed by atoms with van der Waals surface area (Å²) in [5.74, 6) is -0.511. The second kappa shape index (κ2) is 4.76. The van der Waals surface area contributed by atoms with Gasteiger partial charge in [-0.1, -0.05) is 18.5 Å². The van der Waals surface area contributed by atoms with Crippen molar-refractivity contribution in [1.29, 1.82) is 0 Å². The third kappa shape index (κ3) is 2.35. The van der Waals surface area contributed by atoms with Crippen molar-refractivity contribution in [3.05, 3.63) is 28.2 Å². The number of halogens is 1. The summed E-state index contributed by atoms with van der Waals surface area (Å²) in [7, 11) is 0. The van der Waals surface area contributed by atoms with E-state index in [4.69, 9.17) is 11.6 Å². The quantitative estimate of drug-likeness (QED) is 0.905. The first-order chi connectivity index (χ1) is 9.04. The molecule has 1 N–H and O–H groups in total. The maximum Gasteiger partial charge on any atom is 0.307 e. The van der Waals surface area contributed by atoms with Crippen molar-refractivity contribution in [3.63, 3.8) is 0 Å². The highest BCUT2D eigenvalue weighted by Crippen LogP contribution is 2.45. The lowest BCUT2D eigenvalue weighted by Crippen LogP contribution is -2.16. The van der Waals surface area contributed by atoms with Gasteiger partial charge in [0.25, 0.3) is 0 Å². The van der Waals surface area contributed by atoms with Gasteiger partial charge >= 0.3 is 5.97 Å². The Balaban J connectivity index is 2.01. The van der Waals surface area contributed by atoms with E-state index < -0.39 is 5.97 Å². The van der Waals surface area contributed by atoms with Gasteiger partial charge in [-0.05, 0) is 37.0 Å². The third-order valence-electron chi connectivity index (χ3n) is 3.80. The monoisotopic (exact) mass is 295 g/mol. The molecule has 0 bridgehead atoms. The van der Waals surface area contributed by atoms with E-state index in [1.54, 1.807) is 11.3 Å². The lowest BCUT2D eigenvalue weighted by Gasteiger charge is -2.11. The first-order valence-electron chi connectivity index (χ1n) is 6.33. The van der Waals surface area contributed by atoms with E-state index in [-0.39, 0.29) is 11.8 Å². The molecule has 1 aromatic carbocycles. The summed E-state index contributed by atoms with van der Waals surface area (Å²) in [6.07, 6.45) is 1.65. The smallest absolute Gasteiger partial charge is 0.307 e. The van der Waals surface area contributed by atoms with Crippen LogP contribution in [0.3, 0.4) is 0 Å². The molecule has 1 aliphatic rings. The van der Waals surface area contributed by atoms with Crippen LogP contribution in [0.25, 0.3) is 10.2 Å². The summed E-state index contributed by atoms with van der Waals surface area (Å²) in [6, 6.07) is 5.63. The molecule has 3 rings (SSSR count). The Labute approximate surface area is 120 Å². The number of fused-ring (bicyclic) bond motifs is 1. The minimum Gasteiger partial charge on any atom is -0.481 e. The predicted octanol–water partition coefficient (Wildman–Crippen LogP) is 4.16. The zero-order valence-corrected chi connectivity index (χ0v) is 12.0. The van der Waals surface area contributed by atoms with Crippen molar-refractivity contribution in [1.82, 2.24) is 4.98 Å². The molecule has 0 spiro atoms. The van der Waals surface area contributed by atoms with Gasteiger partial charge < -0.3 is 5.11 Å². The van der Waals surface area contributed by atoms with Crippen LogP contribution in [0.15, 0.2) is 18.2 Å². The molecule has 0 saturated heterocycles. The van der Waals surface area contributed by atoms with Crippen LogP contribution in [0.4, 0.5) is 0 Å². The van der Waals surface area contributed by atoms with Crippen LogP contribution in [-0.2, 0) is 4.79 Å². The number of benzene rings is 1. The second-order valence-electron chi connectivity index (χ2n) is 5.29. The average molecular weight is 296 g/mol. The Morgan fingerprint density at radius 2 is 2.26 bits per heavy atom. The van der Waals surface area contributed by atoms with Crippen molar-refractivity contribution in [2.45, 2.75) is 25.7 Å². The van der Waals surface area contributed by atoms with Gasteiger partial charge in [0.15, 0.2) is 0 Å². The highest BCUT2D eigenvalue weighted by molar-refractivity contribution is 7.18. The Kier molecular flexibility index (Phi) is 3.23. The minimum absolute atomic E-state index is 0.0451. The van der Waals surface area contributed by atoms with Crippen LogP contribution in [0.1, 0.15) is 30.7 Å². The molecule has 1 aromatic heterocycles. The molecule has 0 aliphatic heterocycles. The lowest BCUT2D eigenvalue weighted by atomic mass is 9.97. The number of aromatic nitrogens is 1. The fraction of sp³-hybridized carbons (Fsp3) is 0.429. The molecule has 0 amide bonds. The van der Waals surface area contributed by atoms with E-state index in [1.807, 2.05) is 18.2 Å². The van der Waals surface area contributed by atoms with E-state index in [2.05, 4.69) is 11.9 Å². The van der Waals surface area contributed by atoms with Gasteiger partial charge in [0.1, 0.15) is 0 Å². The molecule has 100 valence electrons. The lowest BCUT2D eigenvalue weighted by molar-refractivity contribution is -0.142. The van der Waals surface area contributed by atoms with Gasteiger partial charge in [0, 0.05) is 10.9 Å². The highest BCUT2D eigenvalue weighted by atomic mass is 35.5. The first-order valence-corrected chi connectivity index (χ1v) is 7.53. The second-order valence-corrected chi connectivity index (χ2v) is 6.79. The molecule has 1 saturated carbocycles. The number of hydrogen-bond acceptors (Lipinski definition) is 3. The third-order valence-corrected chi connectivity index (χ3v) is 5.20. The number of rotatable bonds is 2. The van der Waals surface area contributed by atoms with Crippen molar-refractivity contribution < 1.29 is 9.90 Å². The Hall–Kier alpha value is -1.13. The predicted molar refractivity (Wildman–Crippen MR) is 76.9 cm³/mol. The molecule has 1 fully saturated rings. The molecule has 5 heteroatoms. The van der Waals surface area contributed by atoms with Crippen molar-refractivity contribution in [2.24, 2.45) is 11.8 Å². The fourth-order valence-corrected chi connectivity index (χ4v) is 4.21. The Bertz CT molecular complexity index is 639. The van der Waals surface area contributed by atoms with Crippen molar-refractivity contribution in [2.75, 3.05) is 0 Å². The molecule has 3 atom stereocenters. The largest absolute Gasteiger partial charge is 0.481 e. The van der Waals surface area contributed by atoms with E-state index in [0.717, 1.165) is 28.1 Å². The van der Waals surface area contributed by atoms with Crippen LogP contribution in [-0.4, -0.2) is 16.1 Å². The van der Waals surface area contributed by atoms with E-state index in [9.17, 15) is 9.90 Å². The topological polar surface area (TPSA) is 50.2 Å². The molecular formula is C14H14ClNO2S. The Morgan fingerprint density at radius 1 is 1.47 bits per heavy atom. The molecular weight excluding hydrogens is 282 g/mol. The molecule has 2 aromatic rings. The van der Waals surface area contributed by atoms with Crippen LogP contribution in [0.2, 0.25) is 5.02 Å². The summed E-state index contributed by atoms with van der Waals surface area (Å²) in [5.41, 5.74) is 0.871. The first kappa shape index (κ1) is 12.9. The highest BCUT2D eigenvalue weighted by Gasteiger charge is 2.39. The summed E-state index contributed by atoms with van der Waals surface area (Å²) in [6.45, 7) is 2.11. The zero-order valence-electron chi connectivity index (χ0n) is 10.5. The standard InChI is InChI=1S/C14H14ClNO2S/c1-7-4-9(10(5-7)14(17)18)13-16-11-6-8(15)2-3-12(11)19-13/h2-3,6-7,9-10H,4-5H2,1H3,(H,17,18). The van der Waals surface area contributed by atoms with E-state index in [0.29, 0.717) is 10.9 Å². The summed E-state index contributed by atoms with van der Waals surface area (Å²) >= 11 is 7.55. The number of nitrogens with zero attached hydrogens (tertiary/aromatic N) is 1. The van der Waals surface area contributed by atoms with Crippen molar-refractivity contribution >= 4 is 39.1 Å². The summed E-state index contributed by atoms with van der Waals surface area (Å²) < 4.78 is 1.07. The van der Waals surface area contributed by atoms with Gasteiger partial charge in [0.2, 0.25) is 0 Å². The van der Waals surface area contributed by atoms with Gasteiger partial charge in [-0.2, -0.15) is 0 Å². The van der Waals surface area contributed by atoms with Crippen LogP contribution >= 0.6 is 22.9 Å².